The zero-order valence-corrected chi connectivity index (χ0v) is 10.0. The highest BCUT2D eigenvalue weighted by Gasteiger charge is 2.21. The molecule has 0 saturated heterocycles. The molecule has 2 aromatic carbocycles. The van der Waals surface area contributed by atoms with Crippen molar-refractivity contribution in [1.29, 1.82) is 0 Å². The largest absolute Gasteiger partial charge is 0.504 e. The van der Waals surface area contributed by atoms with Crippen molar-refractivity contribution in [2.45, 2.75) is 0 Å². The molecule has 0 bridgehead atoms. The van der Waals surface area contributed by atoms with E-state index in [1.165, 1.54) is 30.3 Å². The molecule has 0 saturated carbocycles. The maximum absolute atomic E-state index is 11.9. The molecule has 0 spiro atoms. The van der Waals surface area contributed by atoms with Crippen molar-refractivity contribution in [3.05, 3.63) is 58.1 Å². The van der Waals surface area contributed by atoms with E-state index < -0.39 is 16.6 Å². The highest BCUT2D eigenvalue weighted by atomic mass is 16.6. The number of nitro groups is 1. The van der Waals surface area contributed by atoms with Crippen LogP contribution in [0.5, 0.6) is 17.2 Å². The maximum atomic E-state index is 11.9. The van der Waals surface area contributed by atoms with Gasteiger partial charge in [-0.1, -0.05) is 12.1 Å². The Morgan fingerprint density at radius 3 is 2.45 bits per heavy atom. The monoisotopic (exact) mass is 275 g/mol. The Morgan fingerprint density at radius 2 is 1.80 bits per heavy atom. The molecule has 0 heterocycles. The van der Waals surface area contributed by atoms with Crippen molar-refractivity contribution in [3.63, 3.8) is 0 Å². The van der Waals surface area contributed by atoms with E-state index in [0.29, 0.717) is 0 Å². The minimum Gasteiger partial charge on any atom is -0.504 e. The number of esters is 1. The van der Waals surface area contributed by atoms with Gasteiger partial charge in [0.1, 0.15) is 11.3 Å². The van der Waals surface area contributed by atoms with E-state index in [9.17, 15) is 20.0 Å². The average molecular weight is 275 g/mol. The van der Waals surface area contributed by atoms with Gasteiger partial charge in [0.05, 0.1) is 4.92 Å². The molecule has 20 heavy (non-hydrogen) atoms. The van der Waals surface area contributed by atoms with Gasteiger partial charge >= 0.3 is 5.97 Å². The number of phenolic OH excluding ortho intramolecular Hbond substituents is 2. The summed E-state index contributed by atoms with van der Waals surface area (Å²) in [5, 5.41) is 29.2. The molecule has 0 aliphatic heterocycles. The number of carbonyl (C=O) groups excluding carboxylic acids is 1. The van der Waals surface area contributed by atoms with Crippen LogP contribution in [0, 0.1) is 10.1 Å². The first-order chi connectivity index (χ1) is 9.49. The molecule has 0 radical (unpaired) electrons. The number of ether oxygens (including phenoxy) is 1. The van der Waals surface area contributed by atoms with E-state index >= 15 is 0 Å². The molecule has 7 heteroatoms. The van der Waals surface area contributed by atoms with Crippen molar-refractivity contribution in [3.8, 4) is 17.2 Å². The lowest BCUT2D eigenvalue weighted by Gasteiger charge is -2.05. The molecule has 0 unspecified atom stereocenters. The number of nitro benzene ring substituents is 1. The van der Waals surface area contributed by atoms with Gasteiger partial charge in [-0.05, 0) is 18.2 Å². The van der Waals surface area contributed by atoms with E-state index in [4.69, 9.17) is 9.84 Å². The van der Waals surface area contributed by atoms with Gasteiger partial charge in [-0.25, -0.2) is 4.79 Å². The van der Waals surface area contributed by atoms with Crippen LogP contribution < -0.4 is 4.74 Å². The van der Waals surface area contributed by atoms with Gasteiger partial charge in [-0.2, -0.15) is 0 Å². The molecule has 0 atom stereocenters. The summed E-state index contributed by atoms with van der Waals surface area (Å²) in [6, 6.07) is 8.77. The van der Waals surface area contributed by atoms with Crippen LogP contribution in [0.3, 0.4) is 0 Å². The van der Waals surface area contributed by atoms with Crippen LogP contribution >= 0.6 is 0 Å². The summed E-state index contributed by atoms with van der Waals surface area (Å²) in [6.07, 6.45) is 0. The Bertz CT molecular complexity index is 682. The predicted octanol–water partition coefficient (Wildman–Crippen LogP) is 2.23. The minimum atomic E-state index is -0.928. The van der Waals surface area contributed by atoms with Gasteiger partial charge in [0.2, 0.25) is 0 Å². The van der Waals surface area contributed by atoms with Crippen LogP contribution in [0.2, 0.25) is 0 Å². The predicted molar refractivity (Wildman–Crippen MR) is 67.8 cm³/mol. The lowest BCUT2D eigenvalue weighted by Crippen LogP contribution is -2.10. The summed E-state index contributed by atoms with van der Waals surface area (Å²) in [4.78, 5) is 22.0. The van der Waals surface area contributed by atoms with E-state index in [2.05, 4.69) is 0 Å². The number of hydrogen-bond acceptors (Lipinski definition) is 6. The Kier molecular flexibility index (Phi) is 3.52. The molecule has 0 aliphatic carbocycles. The van der Waals surface area contributed by atoms with Gasteiger partial charge in [0.15, 0.2) is 11.5 Å². The quantitative estimate of drug-likeness (QED) is 0.292. The molecule has 0 fully saturated rings. The van der Waals surface area contributed by atoms with Crippen LogP contribution in [-0.2, 0) is 0 Å². The molecule has 2 N–H and O–H groups in total. The lowest BCUT2D eigenvalue weighted by atomic mass is 10.2. The average Bonchev–Trinajstić information content (AvgIpc) is 2.43. The first kappa shape index (κ1) is 13.3. The second kappa shape index (κ2) is 5.27. The van der Waals surface area contributed by atoms with Gasteiger partial charge in [0.25, 0.3) is 5.69 Å². The molecule has 0 aliphatic rings. The maximum Gasteiger partial charge on any atom is 0.350 e. The number of para-hydroxylation sites is 1. The minimum absolute atomic E-state index is 0.0385. The summed E-state index contributed by atoms with van der Waals surface area (Å²) in [6.45, 7) is 0. The van der Waals surface area contributed by atoms with Crippen molar-refractivity contribution >= 4 is 11.7 Å². The first-order valence-electron chi connectivity index (χ1n) is 5.46. The van der Waals surface area contributed by atoms with Crippen molar-refractivity contribution < 1.29 is 24.7 Å². The van der Waals surface area contributed by atoms with Gasteiger partial charge in [-0.3, -0.25) is 10.1 Å². The standard InChI is InChI=1S/C13H9NO6/c15-11-6-5-8(7-12(11)16)20-13(17)9-3-1-2-4-10(9)14(18)19/h1-7,15-16H. The fourth-order valence-electron chi connectivity index (χ4n) is 1.53. The third kappa shape index (κ3) is 2.66. The number of rotatable bonds is 3. The fraction of sp³-hybridized carbons (Fsp3) is 0. The van der Waals surface area contributed by atoms with Crippen LogP contribution in [-0.4, -0.2) is 21.1 Å². The van der Waals surface area contributed by atoms with Gasteiger partial charge < -0.3 is 14.9 Å². The molecule has 2 rings (SSSR count). The van der Waals surface area contributed by atoms with Crippen molar-refractivity contribution in [2.24, 2.45) is 0 Å². The number of phenols is 2. The molecule has 0 aromatic heterocycles. The van der Waals surface area contributed by atoms with E-state index in [1.54, 1.807) is 0 Å². The normalized spacial score (nSPS) is 10.0. The summed E-state index contributed by atoms with van der Waals surface area (Å²) in [5.74, 6) is -1.79. The van der Waals surface area contributed by atoms with Crippen LogP contribution in [0.15, 0.2) is 42.5 Å². The SMILES string of the molecule is O=C(Oc1ccc(O)c(O)c1)c1ccccc1[N+](=O)[O-]. The van der Waals surface area contributed by atoms with Gasteiger partial charge in [0, 0.05) is 12.1 Å². The summed E-state index contributed by atoms with van der Waals surface area (Å²) in [5.41, 5.74) is -0.578. The zero-order chi connectivity index (χ0) is 14.7. The first-order valence-corrected chi connectivity index (χ1v) is 5.46. The smallest absolute Gasteiger partial charge is 0.350 e. The Morgan fingerprint density at radius 1 is 1.10 bits per heavy atom. The number of hydrogen-bond donors (Lipinski definition) is 2. The molecule has 0 amide bonds. The summed E-state index contributed by atoms with van der Waals surface area (Å²) in [7, 11) is 0. The van der Waals surface area contributed by atoms with Crippen molar-refractivity contribution in [2.75, 3.05) is 0 Å². The molecule has 102 valence electrons. The summed E-state index contributed by atoms with van der Waals surface area (Å²) < 4.78 is 4.91. The Labute approximate surface area is 112 Å². The highest BCUT2D eigenvalue weighted by Crippen LogP contribution is 2.29. The van der Waals surface area contributed by atoms with E-state index in [1.807, 2.05) is 0 Å². The highest BCUT2D eigenvalue weighted by molar-refractivity contribution is 5.95. The van der Waals surface area contributed by atoms with Gasteiger partial charge in [-0.15, -0.1) is 0 Å². The lowest BCUT2D eigenvalue weighted by molar-refractivity contribution is -0.385. The van der Waals surface area contributed by atoms with E-state index in [-0.39, 0.29) is 22.7 Å². The number of carbonyl (C=O) groups is 1. The number of benzene rings is 2. The third-order valence-corrected chi connectivity index (χ3v) is 2.48. The summed E-state index contributed by atoms with van der Waals surface area (Å²) >= 11 is 0. The fourth-order valence-corrected chi connectivity index (χ4v) is 1.53. The molecular formula is C13H9NO6. The van der Waals surface area contributed by atoms with Crippen LogP contribution in [0.1, 0.15) is 10.4 Å². The number of nitrogens with zero attached hydrogens (tertiary/aromatic N) is 1. The number of aromatic hydroxyl groups is 2. The topological polar surface area (TPSA) is 110 Å². The van der Waals surface area contributed by atoms with Crippen LogP contribution in [0.4, 0.5) is 5.69 Å². The molecule has 2 aromatic rings. The third-order valence-electron chi connectivity index (χ3n) is 2.48. The Balaban J connectivity index is 2.28. The van der Waals surface area contributed by atoms with Crippen LogP contribution in [0.25, 0.3) is 0 Å². The molecular weight excluding hydrogens is 266 g/mol. The second-order valence-corrected chi connectivity index (χ2v) is 3.81. The second-order valence-electron chi connectivity index (χ2n) is 3.81. The molecule has 7 nitrogen and oxygen atoms in total. The van der Waals surface area contributed by atoms with Crippen molar-refractivity contribution in [1.82, 2.24) is 0 Å². The zero-order valence-electron chi connectivity index (χ0n) is 10.0. The Hall–Kier alpha value is -3.09. The van der Waals surface area contributed by atoms with E-state index in [0.717, 1.165) is 12.1 Å².